The highest BCUT2D eigenvalue weighted by Gasteiger charge is 2.26. The molecule has 1 unspecified atom stereocenters. The fourth-order valence-electron chi connectivity index (χ4n) is 3.08. The molecular weight excluding hydrogens is 363 g/mol. The van der Waals surface area contributed by atoms with Crippen LogP contribution in [0.1, 0.15) is 46.0 Å². The maximum absolute atomic E-state index is 4.65. The van der Waals surface area contributed by atoms with Crippen LogP contribution in [-0.4, -0.2) is 61.1 Å². The van der Waals surface area contributed by atoms with Crippen molar-refractivity contribution in [2.24, 2.45) is 4.99 Å². The molecule has 1 saturated carbocycles. The summed E-state index contributed by atoms with van der Waals surface area (Å²) in [5, 5.41) is 3.62. The highest BCUT2D eigenvalue weighted by molar-refractivity contribution is 14.0. The predicted molar refractivity (Wildman–Crippen MR) is 97.1 cm³/mol. The van der Waals surface area contributed by atoms with Gasteiger partial charge in [0.05, 0.1) is 0 Å². The normalized spacial score (nSPS) is 24.1. The van der Waals surface area contributed by atoms with E-state index in [0.29, 0.717) is 12.1 Å². The van der Waals surface area contributed by atoms with Crippen LogP contribution in [0, 0.1) is 0 Å². The van der Waals surface area contributed by atoms with Crippen LogP contribution >= 0.6 is 24.0 Å². The minimum absolute atomic E-state index is 0. The molecule has 2 fully saturated rings. The fourth-order valence-corrected chi connectivity index (χ4v) is 3.08. The quantitative estimate of drug-likeness (QED) is 0.442. The lowest BCUT2D eigenvalue weighted by atomic mass is 9.93. The first-order chi connectivity index (χ1) is 9.24. The average molecular weight is 394 g/mol. The SMILES string of the molecule is CCN=C(NC1CCC1)N(C)CC1CCCN1CC.I. The second kappa shape index (κ2) is 9.07. The third-order valence-electron chi connectivity index (χ3n) is 4.50. The Kier molecular flexibility index (Phi) is 8.17. The number of rotatable bonds is 5. The molecule has 1 aliphatic heterocycles. The van der Waals surface area contributed by atoms with E-state index in [0.717, 1.165) is 19.0 Å². The zero-order valence-corrected chi connectivity index (χ0v) is 15.6. The number of guanidine groups is 1. The molecule has 1 heterocycles. The van der Waals surface area contributed by atoms with Crippen LogP contribution in [0.2, 0.25) is 0 Å². The van der Waals surface area contributed by atoms with Crippen molar-refractivity contribution in [3.8, 4) is 0 Å². The molecule has 2 aliphatic rings. The van der Waals surface area contributed by atoms with Gasteiger partial charge in [-0.25, -0.2) is 0 Å². The first-order valence-electron chi connectivity index (χ1n) is 8.00. The molecule has 0 radical (unpaired) electrons. The number of nitrogens with zero attached hydrogens (tertiary/aromatic N) is 3. The zero-order valence-electron chi connectivity index (χ0n) is 13.3. The van der Waals surface area contributed by atoms with Gasteiger partial charge in [-0.2, -0.15) is 0 Å². The van der Waals surface area contributed by atoms with E-state index in [1.807, 2.05) is 0 Å². The first kappa shape index (κ1) is 18.0. The largest absolute Gasteiger partial charge is 0.354 e. The minimum Gasteiger partial charge on any atom is -0.354 e. The number of aliphatic imine (C=N–C) groups is 1. The Morgan fingerprint density at radius 1 is 1.25 bits per heavy atom. The van der Waals surface area contributed by atoms with Crippen molar-refractivity contribution >= 4 is 29.9 Å². The van der Waals surface area contributed by atoms with Crippen LogP contribution < -0.4 is 5.32 Å². The van der Waals surface area contributed by atoms with Gasteiger partial charge >= 0.3 is 0 Å². The Balaban J connectivity index is 0.00000200. The van der Waals surface area contributed by atoms with E-state index < -0.39 is 0 Å². The van der Waals surface area contributed by atoms with Crippen LogP contribution in [-0.2, 0) is 0 Å². The molecule has 0 aromatic rings. The Labute approximate surface area is 141 Å². The van der Waals surface area contributed by atoms with Gasteiger partial charge in [0.25, 0.3) is 0 Å². The number of likely N-dealkylation sites (tertiary alicyclic amines) is 1. The van der Waals surface area contributed by atoms with Gasteiger partial charge in [0.15, 0.2) is 5.96 Å². The summed E-state index contributed by atoms with van der Waals surface area (Å²) in [6.45, 7) is 8.80. The van der Waals surface area contributed by atoms with Crippen LogP contribution in [0.3, 0.4) is 0 Å². The van der Waals surface area contributed by atoms with Crippen molar-refractivity contribution in [3.05, 3.63) is 0 Å². The van der Waals surface area contributed by atoms with Crippen LogP contribution in [0.4, 0.5) is 0 Å². The molecule has 1 atom stereocenters. The van der Waals surface area contributed by atoms with E-state index in [1.54, 1.807) is 0 Å². The lowest BCUT2D eigenvalue weighted by Crippen LogP contribution is -2.50. The van der Waals surface area contributed by atoms with Gasteiger partial charge in [-0.3, -0.25) is 9.89 Å². The van der Waals surface area contributed by atoms with Gasteiger partial charge in [-0.15, -0.1) is 24.0 Å². The van der Waals surface area contributed by atoms with E-state index in [-0.39, 0.29) is 24.0 Å². The van der Waals surface area contributed by atoms with Gasteiger partial charge in [0.2, 0.25) is 0 Å². The molecule has 0 aromatic heterocycles. The maximum Gasteiger partial charge on any atom is 0.193 e. The highest BCUT2D eigenvalue weighted by atomic mass is 127. The summed E-state index contributed by atoms with van der Waals surface area (Å²) < 4.78 is 0. The third kappa shape index (κ3) is 4.76. The molecule has 0 spiro atoms. The fraction of sp³-hybridized carbons (Fsp3) is 0.933. The molecule has 5 heteroatoms. The maximum atomic E-state index is 4.65. The lowest BCUT2D eigenvalue weighted by molar-refractivity contribution is 0.230. The number of nitrogens with one attached hydrogen (secondary N) is 1. The van der Waals surface area contributed by atoms with Crippen molar-refractivity contribution in [2.75, 3.05) is 33.2 Å². The van der Waals surface area contributed by atoms with Gasteiger partial charge in [-0.1, -0.05) is 6.92 Å². The molecule has 1 aliphatic carbocycles. The first-order valence-corrected chi connectivity index (χ1v) is 8.00. The van der Waals surface area contributed by atoms with E-state index in [2.05, 4.69) is 41.0 Å². The molecule has 0 bridgehead atoms. The van der Waals surface area contributed by atoms with E-state index >= 15 is 0 Å². The third-order valence-corrected chi connectivity index (χ3v) is 4.50. The average Bonchev–Trinajstić information content (AvgIpc) is 2.79. The molecule has 4 nitrogen and oxygen atoms in total. The molecule has 1 N–H and O–H groups in total. The molecular formula is C15H31IN4. The Bertz CT molecular complexity index is 304. The zero-order chi connectivity index (χ0) is 13.7. The van der Waals surface area contributed by atoms with E-state index in [4.69, 9.17) is 0 Å². The number of likely N-dealkylation sites (N-methyl/N-ethyl adjacent to an activating group) is 2. The summed E-state index contributed by atoms with van der Waals surface area (Å²) in [5.74, 6) is 1.11. The molecule has 0 aromatic carbocycles. The lowest BCUT2D eigenvalue weighted by Gasteiger charge is -2.34. The van der Waals surface area contributed by atoms with Crippen LogP contribution in [0.25, 0.3) is 0 Å². The molecule has 20 heavy (non-hydrogen) atoms. The van der Waals surface area contributed by atoms with Crippen molar-refractivity contribution in [1.82, 2.24) is 15.1 Å². The summed E-state index contributed by atoms with van der Waals surface area (Å²) in [4.78, 5) is 9.59. The van der Waals surface area contributed by atoms with Gasteiger partial charge in [0.1, 0.15) is 0 Å². The summed E-state index contributed by atoms with van der Waals surface area (Å²) >= 11 is 0. The number of hydrogen-bond acceptors (Lipinski definition) is 2. The van der Waals surface area contributed by atoms with Crippen molar-refractivity contribution in [1.29, 1.82) is 0 Å². The summed E-state index contributed by atoms with van der Waals surface area (Å²) in [7, 11) is 2.19. The van der Waals surface area contributed by atoms with Gasteiger partial charge in [0, 0.05) is 32.2 Å². The second-order valence-electron chi connectivity index (χ2n) is 5.88. The van der Waals surface area contributed by atoms with Crippen LogP contribution in [0.15, 0.2) is 4.99 Å². The monoisotopic (exact) mass is 394 g/mol. The van der Waals surface area contributed by atoms with E-state index in [1.165, 1.54) is 45.2 Å². The summed E-state index contributed by atoms with van der Waals surface area (Å²) in [6.07, 6.45) is 6.67. The van der Waals surface area contributed by atoms with Crippen LogP contribution in [0.5, 0.6) is 0 Å². The van der Waals surface area contributed by atoms with E-state index in [9.17, 15) is 0 Å². The summed E-state index contributed by atoms with van der Waals surface area (Å²) in [5.41, 5.74) is 0. The predicted octanol–water partition coefficient (Wildman–Crippen LogP) is 2.54. The Morgan fingerprint density at radius 2 is 2.00 bits per heavy atom. The molecule has 2 rings (SSSR count). The Hall–Kier alpha value is -0.0400. The molecule has 1 saturated heterocycles. The second-order valence-corrected chi connectivity index (χ2v) is 5.88. The van der Waals surface area contributed by atoms with Gasteiger partial charge < -0.3 is 10.2 Å². The minimum atomic E-state index is 0. The van der Waals surface area contributed by atoms with Crippen molar-refractivity contribution < 1.29 is 0 Å². The standard InChI is InChI=1S/C15H30N4.HI/c1-4-16-15(17-13-8-6-9-13)18(3)12-14-10-7-11-19(14)5-2;/h13-14H,4-12H2,1-3H3,(H,16,17);1H. The van der Waals surface area contributed by atoms with Gasteiger partial charge in [-0.05, 0) is 52.1 Å². The molecule has 0 amide bonds. The number of hydrogen-bond donors (Lipinski definition) is 1. The van der Waals surface area contributed by atoms with Crippen molar-refractivity contribution in [2.45, 2.75) is 58.0 Å². The topological polar surface area (TPSA) is 30.9 Å². The summed E-state index contributed by atoms with van der Waals surface area (Å²) in [6, 6.07) is 1.37. The molecule has 118 valence electrons. The van der Waals surface area contributed by atoms with Crippen molar-refractivity contribution in [3.63, 3.8) is 0 Å². The number of halogens is 1. The Morgan fingerprint density at radius 3 is 2.55 bits per heavy atom. The smallest absolute Gasteiger partial charge is 0.193 e. The highest BCUT2D eigenvalue weighted by Crippen LogP contribution is 2.19.